The highest BCUT2D eigenvalue weighted by Crippen LogP contribution is 2.17. The number of halogens is 1. The molecule has 0 atom stereocenters. The molecule has 1 aromatic rings. The van der Waals surface area contributed by atoms with Crippen LogP contribution in [0.5, 0.6) is 0 Å². The number of aryl methyl sites for hydroxylation is 1. The van der Waals surface area contributed by atoms with E-state index in [4.69, 9.17) is 0 Å². The summed E-state index contributed by atoms with van der Waals surface area (Å²) in [6, 6.07) is 8.57. The van der Waals surface area contributed by atoms with Crippen LogP contribution in [0.2, 0.25) is 0 Å². The number of hydrogen-bond donors (Lipinski definition) is 1. The van der Waals surface area contributed by atoms with Gasteiger partial charge in [-0.3, -0.25) is 4.79 Å². The SMILES string of the molecule is CCc1ccc(CN(C)C(=O)CC2CCNCC2)cc1.Cl. The summed E-state index contributed by atoms with van der Waals surface area (Å²) >= 11 is 0. The quantitative estimate of drug-likeness (QED) is 0.906. The fraction of sp³-hybridized carbons (Fsp3) is 0.588. The third kappa shape index (κ3) is 5.68. The van der Waals surface area contributed by atoms with Gasteiger partial charge in [0.25, 0.3) is 0 Å². The molecule has 1 fully saturated rings. The van der Waals surface area contributed by atoms with E-state index in [-0.39, 0.29) is 18.3 Å². The van der Waals surface area contributed by atoms with Crippen LogP contribution >= 0.6 is 12.4 Å². The maximum Gasteiger partial charge on any atom is 0.222 e. The van der Waals surface area contributed by atoms with Gasteiger partial charge in [0, 0.05) is 20.0 Å². The number of benzene rings is 1. The molecule has 0 unspecified atom stereocenters. The second-order valence-corrected chi connectivity index (χ2v) is 5.82. The Labute approximate surface area is 134 Å². The number of piperidine rings is 1. The lowest BCUT2D eigenvalue weighted by Crippen LogP contribution is -2.33. The molecule has 0 radical (unpaired) electrons. The highest BCUT2D eigenvalue weighted by molar-refractivity contribution is 5.85. The maximum atomic E-state index is 12.2. The molecule has 3 nitrogen and oxygen atoms in total. The first kappa shape index (κ1) is 18.0. The number of amides is 1. The number of rotatable bonds is 5. The van der Waals surface area contributed by atoms with Crippen LogP contribution in [-0.4, -0.2) is 30.9 Å². The Morgan fingerprint density at radius 2 is 1.76 bits per heavy atom. The predicted octanol–water partition coefficient (Wildman–Crippen LogP) is 3.02. The second kappa shape index (κ2) is 9.06. The van der Waals surface area contributed by atoms with Crippen LogP contribution in [0.4, 0.5) is 0 Å². The van der Waals surface area contributed by atoms with E-state index in [0.717, 1.165) is 32.4 Å². The fourth-order valence-electron chi connectivity index (χ4n) is 2.73. The first-order valence-corrected chi connectivity index (χ1v) is 7.71. The van der Waals surface area contributed by atoms with Crippen LogP contribution < -0.4 is 5.32 Å². The van der Waals surface area contributed by atoms with Gasteiger partial charge in [-0.15, -0.1) is 12.4 Å². The van der Waals surface area contributed by atoms with Crippen molar-refractivity contribution < 1.29 is 4.79 Å². The molecular formula is C17H27ClN2O. The zero-order chi connectivity index (χ0) is 14.4. The van der Waals surface area contributed by atoms with Gasteiger partial charge in [-0.05, 0) is 49.4 Å². The summed E-state index contributed by atoms with van der Waals surface area (Å²) in [5, 5.41) is 3.34. The number of hydrogen-bond acceptors (Lipinski definition) is 2. The van der Waals surface area contributed by atoms with Crippen LogP contribution in [0.3, 0.4) is 0 Å². The summed E-state index contributed by atoms with van der Waals surface area (Å²) in [5.41, 5.74) is 2.56. The van der Waals surface area contributed by atoms with Crippen LogP contribution in [0.1, 0.15) is 37.3 Å². The van der Waals surface area contributed by atoms with Gasteiger partial charge in [0.05, 0.1) is 0 Å². The summed E-state index contributed by atoms with van der Waals surface area (Å²) in [7, 11) is 1.91. The molecular weight excluding hydrogens is 284 g/mol. The molecule has 1 aliphatic heterocycles. The van der Waals surface area contributed by atoms with Crippen molar-refractivity contribution in [2.75, 3.05) is 20.1 Å². The van der Waals surface area contributed by atoms with Crippen molar-refractivity contribution in [3.05, 3.63) is 35.4 Å². The Morgan fingerprint density at radius 1 is 1.19 bits per heavy atom. The van der Waals surface area contributed by atoms with Crippen molar-refractivity contribution >= 4 is 18.3 Å². The van der Waals surface area contributed by atoms with Gasteiger partial charge in [-0.1, -0.05) is 31.2 Å². The summed E-state index contributed by atoms with van der Waals surface area (Å²) in [4.78, 5) is 14.1. The van der Waals surface area contributed by atoms with E-state index in [0.29, 0.717) is 18.9 Å². The maximum absolute atomic E-state index is 12.2. The minimum atomic E-state index is 0. The molecule has 1 amide bonds. The van der Waals surface area contributed by atoms with Crippen molar-refractivity contribution in [3.63, 3.8) is 0 Å². The zero-order valence-electron chi connectivity index (χ0n) is 13.1. The molecule has 1 aromatic carbocycles. The Kier molecular flexibility index (Phi) is 7.76. The Balaban J connectivity index is 0.00000220. The van der Waals surface area contributed by atoms with Crippen molar-refractivity contribution in [2.24, 2.45) is 5.92 Å². The zero-order valence-corrected chi connectivity index (χ0v) is 13.9. The Morgan fingerprint density at radius 3 is 2.33 bits per heavy atom. The standard InChI is InChI=1S/C17H26N2O.ClH/c1-3-14-4-6-16(7-5-14)13-19(2)17(20)12-15-8-10-18-11-9-15;/h4-7,15,18H,3,8-13H2,1-2H3;1H. The molecule has 1 heterocycles. The third-order valence-electron chi connectivity index (χ3n) is 4.20. The largest absolute Gasteiger partial charge is 0.341 e. The third-order valence-corrected chi connectivity index (χ3v) is 4.20. The van der Waals surface area contributed by atoms with Gasteiger partial charge in [0.2, 0.25) is 5.91 Å². The van der Waals surface area contributed by atoms with E-state index < -0.39 is 0 Å². The summed E-state index contributed by atoms with van der Waals surface area (Å²) in [6.07, 6.45) is 4.02. The lowest BCUT2D eigenvalue weighted by atomic mass is 9.94. The normalized spacial score (nSPS) is 15.3. The Bertz CT molecular complexity index is 427. The average Bonchev–Trinajstić information content (AvgIpc) is 2.49. The predicted molar refractivity (Wildman–Crippen MR) is 89.8 cm³/mol. The van der Waals surface area contributed by atoms with Crippen molar-refractivity contribution in [2.45, 2.75) is 39.2 Å². The van der Waals surface area contributed by atoms with Crippen molar-refractivity contribution in [1.82, 2.24) is 10.2 Å². The van der Waals surface area contributed by atoms with Crippen LogP contribution in [0, 0.1) is 5.92 Å². The number of carbonyl (C=O) groups excluding carboxylic acids is 1. The first-order valence-electron chi connectivity index (χ1n) is 7.71. The molecule has 2 rings (SSSR count). The van der Waals surface area contributed by atoms with E-state index >= 15 is 0 Å². The molecule has 0 aromatic heterocycles. The lowest BCUT2D eigenvalue weighted by Gasteiger charge is -2.25. The summed E-state index contributed by atoms with van der Waals surface area (Å²) in [6.45, 7) is 4.98. The highest BCUT2D eigenvalue weighted by Gasteiger charge is 2.19. The van der Waals surface area contributed by atoms with Crippen molar-refractivity contribution in [1.29, 1.82) is 0 Å². The molecule has 0 saturated carbocycles. The topological polar surface area (TPSA) is 32.3 Å². The summed E-state index contributed by atoms with van der Waals surface area (Å²) < 4.78 is 0. The van der Waals surface area contributed by atoms with Gasteiger partial charge in [0.15, 0.2) is 0 Å². The van der Waals surface area contributed by atoms with Gasteiger partial charge in [-0.25, -0.2) is 0 Å². The minimum absolute atomic E-state index is 0. The monoisotopic (exact) mass is 310 g/mol. The molecule has 0 aliphatic carbocycles. The lowest BCUT2D eigenvalue weighted by molar-refractivity contribution is -0.131. The van der Waals surface area contributed by atoms with Crippen LogP contribution in [-0.2, 0) is 17.8 Å². The number of carbonyl (C=O) groups is 1. The molecule has 0 bridgehead atoms. The Hall–Kier alpha value is -1.06. The molecule has 21 heavy (non-hydrogen) atoms. The number of nitrogens with zero attached hydrogens (tertiary/aromatic N) is 1. The summed E-state index contributed by atoms with van der Waals surface area (Å²) in [5.74, 6) is 0.838. The van der Waals surface area contributed by atoms with Crippen LogP contribution in [0.15, 0.2) is 24.3 Å². The van der Waals surface area contributed by atoms with Crippen LogP contribution in [0.25, 0.3) is 0 Å². The molecule has 118 valence electrons. The molecule has 4 heteroatoms. The molecule has 1 N–H and O–H groups in total. The van der Waals surface area contributed by atoms with E-state index in [1.807, 2.05) is 11.9 Å². The van der Waals surface area contributed by atoms with Gasteiger partial charge in [0.1, 0.15) is 0 Å². The van der Waals surface area contributed by atoms with Gasteiger partial charge >= 0.3 is 0 Å². The molecule has 1 saturated heterocycles. The smallest absolute Gasteiger partial charge is 0.222 e. The number of nitrogens with one attached hydrogen (secondary N) is 1. The molecule has 0 spiro atoms. The second-order valence-electron chi connectivity index (χ2n) is 5.82. The highest BCUT2D eigenvalue weighted by atomic mass is 35.5. The molecule has 1 aliphatic rings. The fourth-order valence-corrected chi connectivity index (χ4v) is 2.73. The first-order chi connectivity index (χ1) is 9.69. The van der Waals surface area contributed by atoms with E-state index in [1.54, 1.807) is 0 Å². The van der Waals surface area contributed by atoms with E-state index in [2.05, 4.69) is 36.5 Å². The van der Waals surface area contributed by atoms with Gasteiger partial charge < -0.3 is 10.2 Å². The van der Waals surface area contributed by atoms with E-state index in [1.165, 1.54) is 11.1 Å². The average molecular weight is 311 g/mol. The van der Waals surface area contributed by atoms with Crippen molar-refractivity contribution in [3.8, 4) is 0 Å². The van der Waals surface area contributed by atoms with E-state index in [9.17, 15) is 4.79 Å². The minimum Gasteiger partial charge on any atom is -0.341 e. The van der Waals surface area contributed by atoms with Gasteiger partial charge in [-0.2, -0.15) is 0 Å².